The van der Waals surface area contributed by atoms with Crippen LogP contribution in [0.15, 0.2) is 11.6 Å². The van der Waals surface area contributed by atoms with Crippen molar-refractivity contribution in [2.24, 2.45) is 50.2 Å². The van der Waals surface area contributed by atoms with Crippen LogP contribution in [0.4, 0.5) is 0 Å². The summed E-state index contributed by atoms with van der Waals surface area (Å²) in [5, 5.41) is 22.7. The Morgan fingerprint density at radius 2 is 1.60 bits per heavy atom. The molecule has 4 nitrogen and oxygen atoms in total. The molecule has 0 aromatic rings. The largest absolute Gasteiger partial charge is 0.469 e. The lowest BCUT2D eigenvalue weighted by atomic mass is 9.33. The number of rotatable bonds is 1. The highest BCUT2D eigenvalue weighted by atomic mass is 16.5. The Balaban J connectivity index is 1.62. The van der Waals surface area contributed by atoms with Crippen LogP contribution < -0.4 is 0 Å². The summed E-state index contributed by atoms with van der Waals surface area (Å²) in [7, 11) is 1.56. The molecule has 0 aromatic carbocycles. The Kier molecular flexibility index (Phi) is 5.59. The van der Waals surface area contributed by atoms with Crippen LogP contribution >= 0.6 is 0 Å². The summed E-state index contributed by atoms with van der Waals surface area (Å²) < 4.78 is 5.47. The van der Waals surface area contributed by atoms with Gasteiger partial charge in [-0.3, -0.25) is 4.79 Å². The van der Waals surface area contributed by atoms with Gasteiger partial charge in [-0.2, -0.15) is 0 Å². The Morgan fingerprint density at radius 1 is 0.943 bits per heavy atom. The number of allylic oxidation sites excluding steroid dienone is 2. The molecule has 198 valence electrons. The van der Waals surface area contributed by atoms with Crippen molar-refractivity contribution in [2.75, 3.05) is 7.11 Å². The number of methoxy groups -OCH3 is 1. The summed E-state index contributed by atoms with van der Waals surface area (Å²) in [6.45, 7) is 16.4. The summed E-state index contributed by atoms with van der Waals surface area (Å²) in [4.78, 5) is 13.4. The van der Waals surface area contributed by atoms with E-state index < -0.39 is 11.5 Å². The second-order valence-corrected chi connectivity index (χ2v) is 15.4. The number of ether oxygens (including phenoxy) is 1. The average molecular weight is 487 g/mol. The Bertz CT molecular complexity index is 934. The number of aliphatic hydroxyl groups excluding tert-OH is 2. The standard InChI is InChI=1S/C31H50O4/c1-26(2)13-15-31(25(34)35-8)16-14-29(6)19(20(31)17-26)9-10-22-28(5)12-11-23(33)27(3,4)24(28)21(32)18-30(22,29)7/h9,20-24,32-33H,10-18H2,1-8H3/t20-,21+,22+,23-,24-,28+,29+,30+,31-/m0/s1. The second kappa shape index (κ2) is 7.59. The van der Waals surface area contributed by atoms with E-state index in [0.717, 1.165) is 57.8 Å². The molecule has 0 radical (unpaired) electrons. The third-order valence-electron chi connectivity index (χ3n) is 13.1. The van der Waals surface area contributed by atoms with E-state index in [-0.39, 0.29) is 51.0 Å². The molecule has 35 heavy (non-hydrogen) atoms. The maximum absolute atomic E-state index is 13.4. The molecule has 0 heterocycles. The van der Waals surface area contributed by atoms with Crippen molar-refractivity contribution in [3.05, 3.63) is 11.6 Å². The molecule has 0 aliphatic heterocycles. The van der Waals surface area contributed by atoms with E-state index in [1.165, 1.54) is 5.57 Å². The lowest BCUT2D eigenvalue weighted by Gasteiger charge is -2.72. The highest BCUT2D eigenvalue weighted by Crippen LogP contribution is 2.75. The summed E-state index contributed by atoms with van der Waals surface area (Å²) in [6.07, 6.45) is 10.2. The van der Waals surface area contributed by atoms with Gasteiger partial charge in [0.05, 0.1) is 24.7 Å². The molecule has 0 spiro atoms. The zero-order valence-electron chi connectivity index (χ0n) is 23.5. The van der Waals surface area contributed by atoms with Crippen LogP contribution in [0.1, 0.15) is 106 Å². The van der Waals surface area contributed by atoms with E-state index in [2.05, 4.69) is 54.5 Å². The normalized spacial score (nSPS) is 52.2. The van der Waals surface area contributed by atoms with E-state index in [1.54, 1.807) is 7.11 Å². The molecule has 0 amide bonds. The van der Waals surface area contributed by atoms with Crippen molar-refractivity contribution < 1.29 is 19.7 Å². The minimum Gasteiger partial charge on any atom is -0.469 e. The molecule has 4 saturated carbocycles. The van der Waals surface area contributed by atoms with Crippen LogP contribution in [0, 0.1) is 50.2 Å². The Labute approximate surface area is 213 Å². The van der Waals surface area contributed by atoms with Gasteiger partial charge in [-0.1, -0.05) is 60.1 Å². The number of esters is 1. The van der Waals surface area contributed by atoms with Crippen LogP contribution in [-0.2, 0) is 9.53 Å². The van der Waals surface area contributed by atoms with Crippen molar-refractivity contribution in [1.29, 1.82) is 0 Å². The first-order chi connectivity index (χ1) is 16.1. The van der Waals surface area contributed by atoms with Gasteiger partial charge in [-0.05, 0) is 103 Å². The maximum Gasteiger partial charge on any atom is 0.312 e. The number of carbonyl (C=O) groups excluding carboxylic acids is 1. The minimum absolute atomic E-state index is 0.00745. The summed E-state index contributed by atoms with van der Waals surface area (Å²) in [5.41, 5.74) is 0.929. The predicted octanol–water partition coefficient (Wildman–Crippen LogP) is 6.29. The number of aliphatic hydroxyl groups is 2. The maximum atomic E-state index is 13.4. The fourth-order valence-electron chi connectivity index (χ4n) is 11.0. The van der Waals surface area contributed by atoms with E-state index in [9.17, 15) is 15.0 Å². The van der Waals surface area contributed by atoms with Crippen LogP contribution in [0.2, 0.25) is 0 Å². The molecule has 0 unspecified atom stereocenters. The summed E-state index contributed by atoms with van der Waals surface area (Å²) in [5.74, 6) is 0.780. The summed E-state index contributed by atoms with van der Waals surface area (Å²) >= 11 is 0. The predicted molar refractivity (Wildman–Crippen MR) is 138 cm³/mol. The van der Waals surface area contributed by atoms with Crippen molar-refractivity contribution in [3.63, 3.8) is 0 Å². The van der Waals surface area contributed by atoms with Gasteiger partial charge in [-0.25, -0.2) is 0 Å². The zero-order chi connectivity index (χ0) is 25.8. The number of hydrogen-bond donors (Lipinski definition) is 2. The molecule has 5 aliphatic rings. The SMILES string of the molecule is COC(=O)[C@]12CCC(C)(C)C[C@H]1C1=CC[C@@H]3[C@@]4(C)CC[C@H](O)C(C)(C)[C@@H]4[C@H](O)C[C@@]3(C)[C@]1(C)CC2. The molecule has 0 aromatic heterocycles. The van der Waals surface area contributed by atoms with Gasteiger partial charge in [0.2, 0.25) is 0 Å². The van der Waals surface area contributed by atoms with Crippen LogP contribution in [0.5, 0.6) is 0 Å². The number of hydrogen-bond acceptors (Lipinski definition) is 4. The van der Waals surface area contributed by atoms with E-state index >= 15 is 0 Å². The third kappa shape index (κ3) is 3.14. The third-order valence-corrected chi connectivity index (χ3v) is 13.1. The van der Waals surface area contributed by atoms with Gasteiger partial charge in [-0.15, -0.1) is 0 Å². The lowest BCUT2D eigenvalue weighted by molar-refractivity contribution is -0.242. The topological polar surface area (TPSA) is 66.8 Å². The van der Waals surface area contributed by atoms with Gasteiger partial charge < -0.3 is 14.9 Å². The van der Waals surface area contributed by atoms with Gasteiger partial charge in [0, 0.05) is 0 Å². The molecule has 0 bridgehead atoms. The van der Waals surface area contributed by atoms with E-state index in [1.807, 2.05) is 0 Å². The van der Waals surface area contributed by atoms with Gasteiger partial charge in [0.25, 0.3) is 0 Å². The molecule has 0 saturated heterocycles. The van der Waals surface area contributed by atoms with Gasteiger partial charge in [0.15, 0.2) is 0 Å². The summed E-state index contributed by atoms with van der Waals surface area (Å²) in [6, 6.07) is 0. The van der Waals surface area contributed by atoms with Crippen molar-refractivity contribution in [2.45, 2.75) is 118 Å². The molecule has 5 aliphatic carbocycles. The molecule has 4 heteroatoms. The van der Waals surface area contributed by atoms with Crippen molar-refractivity contribution in [3.8, 4) is 0 Å². The fraction of sp³-hybridized carbons (Fsp3) is 0.903. The molecule has 2 N–H and O–H groups in total. The highest BCUT2D eigenvalue weighted by molar-refractivity contribution is 5.78. The zero-order valence-corrected chi connectivity index (χ0v) is 23.5. The molecule has 5 rings (SSSR count). The Hall–Kier alpha value is -0.870. The second-order valence-electron chi connectivity index (χ2n) is 15.4. The Morgan fingerprint density at radius 3 is 2.26 bits per heavy atom. The monoisotopic (exact) mass is 486 g/mol. The fourth-order valence-corrected chi connectivity index (χ4v) is 11.0. The first kappa shape index (κ1) is 25.8. The molecular formula is C31H50O4. The van der Waals surface area contributed by atoms with Gasteiger partial charge in [0.1, 0.15) is 0 Å². The van der Waals surface area contributed by atoms with E-state index in [4.69, 9.17) is 4.74 Å². The van der Waals surface area contributed by atoms with Crippen molar-refractivity contribution >= 4 is 5.97 Å². The average Bonchev–Trinajstić information content (AvgIpc) is 2.76. The molecule has 4 fully saturated rings. The number of carbonyl (C=O) groups is 1. The van der Waals surface area contributed by atoms with Crippen molar-refractivity contribution in [1.82, 2.24) is 0 Å². The van der Waals surface area contributed by atoms with Gasteiger partial charge >= 0.3 is 5.97 Å². The number of fused-ring (bicyclic) bond motifs is 7. The van der Waals surface area contributed by atoms with Crippen LogP contribution in [-0.4, -0.2) is 35.5 Å². The quantitative estimate of drug-likeness (QED) is 0.337. The first-order valence-corrected chi connectivity index (χ1v) is 14.2. The van der Waals surface area contributed by atoms with Crippen LogP contribution in [0.3, 0.4) is 0 Å². The molecular weight excluding hydrogens is 436 g/mol. The highest BCUT2D eigenvalue weighted by Gasteiger charge is 2.71. The smallest absolute Gasteiger partial charge is 0.312 e. The molecule has 9 atom stereocenters. The van der Waals surface area contributed by atoms with E-state index in [0.29, 0.717) is 5.92 Å². The first-order valence-electron chi connectivity index (χ1n) is 14.2. The van der Waals surface area contributed by atoms with Crippen LogP contribution in [0.25, 0.3) is 0 Å². The minimum atomic E-state index is -0.419. The lowest BCUT2D eigenvalue weighted by Crippen LogP contribution is -2.68.